The molecule has 2 aliphatic carbocycles. The smallest absolute Gasteiger partial charge is 0.224 e. The highest BCUT2D eigenvalue weighted by Crippen LogP contribution is 2.44. The molecule has 0 aliphatic heterocycles. The fraction of sp³-hybridized carbons (Fsp3) is 0.615. The molecule has 35 heavy (non-hydrogen) atoms. The standard InChI is InChI=1S/C26H36N6OS2/c1-4-19(9-6-14-35(3)33)30-24-20(15-28-26(32-24)29-16(2)17-7-5-8-17)25-31-23-21(34-25)12-13-27-22(23)18-10-11-18/h12-13,15-19H,4-11,14H2,1-3H3,(H2,28,29,30,32)/t16-,19?,35?/m1/s1. The van der Waals surface area contributed by atoms with Gasteiger partial charge >= 0.3 is 0 Å². The van der Waals surface area contributed by atoms with Crippen molar-refractivity contribution in [2.24, 2.45) is 5.92 Å². The number of aromatic nitrogens is 4. The number of pyridine rings is 1. The van der Waals surface area contributed by atoms with Crippen LogP contribution >= 0.6 is 11.3 Å². The molecule has 0 spiro atoms. The molecule has 2 aliphatic rings. The molecule has 0 bridgehead atoms. The van der Waals surface area contributed by atoms with Gasteiger partial charge in [-0.1, -0.05) is 13.3 Å². The lowest BCUT2D eigenvalue weighted by Crippen LogP contribution is -2.31. The quantitative estimate of drug-likeness (QED) is 0.308. The van der Waals surface area contributed by atoms with E-state index in [4.69, 9.17) is 15.0 Å². The number of hydrogen-bond donors (Lipinski definition) is 2. The molecule has 3 aromatic rings. The molecule has 0 radical (unpaired) electrons. The number of nitrogens with zero attached hydrogens (tertiary/aromatic N) is 4. The Labute approximate surface area is 214 Å². The van der Waals surface area contributed by atoms with Crippen LogP contribution in [0.5, 0.6) is 0 Å². The van der Waals surface area contributed by atoms with Gasteiger partial charge in [-0.3, -0.25) is 9.19 Å². The van der Waals surface area contributed by atoms with E-state index in [0.717, 1.165) is 52.6 Å². The van der Waals surface area contributed by atoms with Crippen molar-refractivity contribution in [2.45, 2.75) is 83.2 Å². The molecule has 2 fully saturated rings. The monoisotopic (exact) mass is 512 g/mol. The number of nitrogens with one attached hydrogen (secondary N) is 2. The molecule has 3 heterocycles. The van der Waals surface area contributed by atoms with Gasteiger partial charge < -0.3 is 10.6 Å². The van der Waals surface area contributed by atoms with Crippen molar-refractivity contribution < 1.29 is 4.21 Å². The third-order valence-electron chi connectivity index (χ3n) is 7.35. The van der Waals surface area contributed by atoms with Gasteiger partial charge in [0.25, 0.3) is 0 Å². The summed E-state index contributed by atoms with van der Waals surface area (Å²) in [5.74, 6) is 3.48. The Balaban J connectivity index is 1.45. The average Bonchev–Trinajstić information content (AvgIpc) is 3.54. The van der Waals surface area contributed by atoms with Crippen LogP contribution in [0.1, 0.15) is 76.8 Å². The zero-order valence-corrected chi connectivity index (χ0v) is 22.6. The van der Waals surface area contributed by atoms with Gasteiger partial charge in [0.15, 0.2) is 0 Å². The molecule has 3 atom stereocenters. The lowest BCUT2D eigenvalue weighted by Gasteiger charge is -2.32. The SMILES string of the molecule is CCC(CCCS(C)=O)Nc1nc(N[C@H](C)C2CCC2)ncc1-c1nc2c(C3CC3)nccc2s1. The summed E-state index contributed by atoms with van der Waals surface area (Å²) in [6.45, 7) is 4.42. The van der Waals surface area contributed by atoms with E-state index in [0.29, 0.717) is 23.8 Å². The second-order valence-electron chi connectivity index (χ2n) is 10.1. The molecule has 188 valence electrons. The fourth-order valence-corrected chi connectivity index (χ4v) is 6.28. The first-order valence-corrected chi connectivity index (χ1v) is 15.5. The number of anilines is 2. The van der Waals surface area contributed by atoms with Crippen molar-refractivity contribution in [1.82, 2.24) is 19.9 Å². The minimum atomic E-state index is -0.763. The first kappa shape index (κ1) is 24.6. The predicted octanol–water partition coefficient (Wildman–Crippen LogP) is 5.98. The molecule has 2 unspecified atom stereocenters. The summed E-state index contributed by atoms with van der Waals surface area (Å²) in [6.07, 6.45) is 14.7. The van der Waals surface area contributed by atoms with Crippen LogP contribution < -0.4 is 10.6 Å². The third-order valence-corrected chi connectivity index (χ3v) is 9.27. The van der Waals surface area contributed by atoms with Gasteiger partial charge in [0.05, 0.1) is 16.0 Å². The van der Waals surface area contributed by atoms with Crippen molar-refractivity contribution in [3.05, 3.63) is 24.2 Å². The molecule has 2 saturated carbocycles. The molecule has 0 saturated heterocycles. The Morgan fingerprint density at radius 2 is 2.00 bits per heavy atom. The number of thiazole rings is 1. The van der Waals surface area contributed by atoms with E-state index in [9.17, 15) is 4.21 Å². The molecule has 9 heteroatoms. The molecule has 0 aromatic carbocycles. The fourth-order valence-electron chi connectivity index (χ4n) is 4.73. The summed E-state index contributed by atoms with van der Waals surface area (Å²) in [6, 6.07) is 2.67. The van der Waals surface area contributed by atoms with Gasteiger partial charge in [-0.2, -0.15) is 4.98 Å². The molecule has 5 rings (SSSR count). The number of fused-ring (bicyclic) bond motifs is 1. The predicted molar refractivity (Wildman–Crippen MR) is 147 cm³/mol. The Bertz CT molecular complexity index is 1190. The van der Waals surface area contributed by atoms with Gasteiger partial charge in [0.1, 0.15) is 16.3 Å². The summed E-state index contributed by atoms with van der Waals surface area (Å²) in [4.78, 5) is 19.3. The van der Waals surface area contributed by atoms with Gasteiger partial charge in [-0.25, -0.2) is 9.97 Å². The largest absolute Gasteiger partial charge is 0.367 e. The Kier molecular flexibility index (Phi) is 7.62. The van der Waals surface area contributed by atoms with Gasteiger partial charge in [0, 0.05) is 53.2 Å². The van der Waals surface area contributed by atoms with Crippen LogP contribution in [0, 0.1) is 5.92 Å². The number of rotatable bonds is 12. The molecule has 3 aromatic heterocycles. The van der Waals surface area contributed by atoms with Crippen molar-refractivity contribution >= 4 is 44.1 Å². The van der Waals surface area contributed by atoms with Crippen LogP contribution in [-0.4, -0.2) is 48.2 Å². The summed E-state index contributed by atoms with van der Waals surface area (Å²) in [5.41, 5.74) is 3.10. The number of hydrogen-bond acceptors (Lipinski definition) is 8. The lowest BCUT2D eigenvalue weighted by atomic mass is 9.80. The van der Waals surface area contributed by atoms with Crippen molar-refractivity contribution in [3.63, 3.8) is 0 Å². The highest BCUT2D eigenvalue weighted by molar-refractivity contribution is 7.84. The zero-order chi connectivity index (χ0) is 24.4. The van der Waals surface area contributed by atoms with E-state index >= 15 is 0 Å². The average molecular weight is 513 g/mol. The van der Waals surface area contributed by atoms with Crippen LogP contribution in [0.2, 0.25) is 0 Å². The zero-order valence-electron chi connectivity index (χ0n) is 20.9. The Morgan fingerprint density at radius 1 is 1.17 bits per heavy atom. The lowest BCUT2D eigenvalue weighted by molar-refractivity contribution is 0.284. The van der Waals surface area contributed by atoms with E-state index in [1.54, 1.807) is 17.6 Å². The molecular formula is C26H36N6OS2. The van der Waals surface area contributed by atoms with Crippen molar-refractivity contribution in [1.29, 1.82) is 0 Å². The van der Waals surface area contributed by atoms with Crippen LogP contribution in [0.3, 0.4) is 0 Å². The van der Waals surface area contributed by atoms with Crippen LogP contribution in [0.25, 0.3) is 20.8 Å². The molecule has 0 amide bonds. The van der Waals surface area contributed by atoms with Crippen molar-refractivity contribution in [3.8, 4) is 10.6 Å². The van der Waals surface area contributed by atoms with E-state index < -0.39 is 10.8 Å². The molecule has 7 nitrogen and oxygen atoms in total. The summed E-state index contributed by atoms with van der Waals surface area (Å²) < 4.78 is 12.7. The summed E-state index contributed by atoms with van der Waals surface area (Å²) >= 11 is 1.69. The minimum Gasteiger partial charge on any atom is -0.367 e. The van der Waals surface area contributed by atoms with Gasteiger partial charge in [-0.05, 0) is 63.9 Å². The highest BCUT2D eigenvalue weighted by atomic mass is 32.2. The van der Waals surface area contributed by atoms with Crippen molar-refractivity contribution in [2.75, 3.05) is 22.6 Å². The molecule has 2 N–H and O–H groups in total. The Morgan fingerprint density at radius 3 is 2.69 bits per heavy atom. The highest BCUT2D eigenvalue weighted by Gasteiger charge is 2.29. The van der Waals surface area contributed by atoms with Crippen LogP contribution in [-0.2, 0) is 10.8 Å². The minimum absolute atomic E-state index is 0.252. The first-order chi connectivity index (χ1) is 17.0. The maximum Gasteiger partial charge on any atom is 0.224 e. The second kappa shape index (κ2) is 10.9. The molecular weight excluding hydrogens is 476 g/mol. The van der Waals surface area contributed by atoms with E-state index in [2.05, 4.69) is 35.5 Å². The van der Waals surface area contributed by atoms with E-state index in [-0.39, 0.29) is 6.04 Å². The Hall–Kier alpha value is -2.13. The third kappa shape index (κ3) is 5.82. The van der Waals surface area contributed by atoms with Gasteiger partial charge in [0.2, 0.25) is 5.95 Å². The summed E-state index contributed by atoms with van der Waals surface area (Å²) in [7, 11) is -0.763. The van der Waals surface area contributed by atoms with Crippen LogP contribution in [0.4, 0.5) is 11.8 Å². The van der Waals surface area contributed by atoms with Crippen LogP contribution in [0.15, 0.2) is 18.5 Å². The van der Waals surface area contributed by atoms with Gasteiger partial charge in [-0.15, -0.1) is 11.3 Å². The maximum absolute atomic E-state index is 11.6. The first-order valence-electron chi connectivity index (χ1n) is 13.0. The van der Waals surface area contributed by atoms with E-state index in [1.165, 1.54) is 36.8 Å². The maximum atomic E-state index is 11.6. The normalized spacial score (nSPS) is 18.7. The topological polar surface area (TPSA) is 92.7 Å². The second-order valence-corrected chi connectivity index (χ2v) is 12.7. The van der Waals surface area contributed by atoms with E-state index in [1.807, 2.05) is 12.4 Å². The summed E-state index contributed by atoms with van der Waals surface area (Å²) in [5, 5.41) is 8.17.